The van der Waals surface area contributed by atoms with Gasteiger partial charge in [0.2, 0.25) is 6.54 Å². The fourth-order valence-electron chi connectivity index (χ4n) is 2.95. The molecule has 0 radical (unpaired) electrons. The van der Waals surface area contributed by atoms with Crippen molar-refractivity contribution in [3.63, 3.8) is 0 Å². The number of aromatic nitrogens is 1. The topological polar surface area (TPSA) is 68.2 Å². The Hall–Kier alpha value is -2.82. The number of rotatable bonds is 6. The van der Waals surface area contributed by atoms with Crippen LogP contribution in [0.1, 0.15) is 24.0 Å². The highest BCUT2D eigenvalue weighted by atomic mass is 16.6. The lowest BCUT2D eigenvalue weighted by atomic mass is 9.90. The molecule has 118 valence electrons. The molecule has 1 atom stereocenters. The molecule has 3 aromatic rings. The van der Waals surface area contributed by atoms with E-state index in [1.165, 1.54) is 0 Å². The molecule has 3 rings (SSSR count). The number of nitrogens with zero attached hydrogens (tertiary/aromatic N) is 1. The summed E-state index contributed by atoms with van der Waals surface area (Å²) >= 11 is 0. The molecule has 0 saturated carbocycles. The minimum Gasteiger partial charge on any atom is -0.494 e. The number of H-pyrrole nitrogens is 1. The Kier molecular flexibility index (Phi) is 4.28. The first kappa shape index (κ1) is 15.1. The molecule has 0 aliphatic rings. The maximum Gasteiger partial charge on any atom is 0.214 e. The summed E-state index contributed by atoms with van der Waals surface area (Å²) in [5, 5.41) is 12.2. The van der Waals surface area contributed by atoms with Gasteiger partial charge in [-0.05, 0) is 24.6 Å². The van der Waals surface area contributed by atoms with E-state index in [-0.39, 0.29) is 17.4 Å². The van der Waals surface area contributed by atoms with E-state index >= 15 is 0 Å². The van der Waals surface area contributed by atoms with Crippen LogP contribution in [0.2, 0.25) is 0 Å². The van der Waals surface area contributed by atoms with Gasteiger partial charge in [-0.3, -0.25) is 10.1 Å². The van der Waals surface area contributed by atoms with Crippen molar-refractivity contribution in [1.29, 1.82) is 0 Å². The van der Waals surface area contributed by atoms with E-state index in [4.69, 9.17) is 4.74 Å². The average molecular weight is 310 g/mol. The van der Waals surface area contributed by atoms with Crippen LogP contribution in [-0.4, -0.2) is 23.1 Å². The van der Waals surface area contributed by atoms with Crippen molar-refractivity contribution in [1.82, 2.24) is 4.98 Å². The number of hydrogen-bond donors (Lipinski definition) is 1. The number of nitrogens with one attached hydrogen (secondary N) is 1. The number of benzene rings is 2. The van der Waals surface area contributed by atoms with Crippen molar-refractivity contribution in [2.24, 2.45) is 0 Å². The zero-order chi connectivity index (χ0) is 16.2. The van der Waals surface area contributed by atoms with Gasteiger partial charge in [-0.2, -0.15) is 0 Å². The smallest absolute Gasteiger partial charge is 0.214 e. The van der Waals surface area contributed by atoms with E-state index in [0.29, 0.717) is 12.4 Å². The van der Waals surface area contributed by atoms with Gasteiger partial charge in [0.25, 0.3) is 0 Å². The zero-order valence-electron chi connectivity index (χ0n) is 12.9. The standard InChI is InChI=1S/C18H18N2O3/c1-2-23-18-10-6-4-8-14(18)16(12-20(21)22)15-11-19-17-9-5-3-7-13(15)17/h3-11,16,19H,2,12H2,1H3/t16-/m0/s1. The van der Waals surface area contributed by atoms with Crippen LogP contribution < -0.4 is 4.74 Å². The number of fused-ring (bicyclic) bond motifs is 1. The van der Waals surface area contributed by atoms with E-state index in [9.17, 15) is 10.1 Å². The summed E-state index contributed by atoms with van der Waals surface area (Å²) < 4.78 is 5.68. The van der Waals surface area contributed by atoms with Crippen molar-refractivity contribution in [2.45, 2.75) is 12.8 Å². The predicted octanol–water partition coefficient (Wildman–Crippen LogP) is 3.98. The lowest BCUT2D eigenvalue weighted by Gasteiger charge is -2.17. The quantitative estimate of drug-likeness (QED) is 0.553. The first-order valence-corrected chi connectivity index (χ1v) is 7.60. The molecule has 0 unspecified atom stereocenters. The molecule has 5 nitrogen and oxygen atoms in total. The number of para-hydroxylation sites is 2. The van der Waals surface area contributed by atoms with Crippen LogP contribution in [0.15, 0.2) is 54.7 Å². The molecule has 1 N–H and O–H groups in total. The fraction of sp³-hybridized carbons (Fsp3) is 0.222. The normalized spacial score (nSPS) is 12.2. The van der Waals surface area contributed by atoms with Crippen LogP contribution in [0.5, 0.6) is 5.75 Å². The van der Waals surface area contributed by atoms with Crippen molar-refractivity contribution in [2.75, 3.05) is 13.2 Å². The zero-order valence-corrected chi connectivity index (χ0v) is 12.9. The molecule has 1 heterocycles. The second-order valence-corrected chi connectivity index (χ2v) is 5.33. The molecule has 0 saturated heterocycles. The molecule has 0 fully saturated rings. The van der Waals surface area contributed by atoms with Crippen LogP contribution in [0.25, 0.3) is 10.9 Å². The molecule has 0 spiro atoms. The van der Waals surface area contributed by atoms with Gasteiger partial charge in [-0.1, -0.05) is 36.4 Å². The summed E-state index contributed by atoms with van der Waals surface area (Å²) in [6.07, 6.45) is 1.86. The highest BCUT2D eigenvalue weighted by Gasteiger charge is 2.25. The lowest BCUT2D eigenvalue weighted by Crippen LogP contribution is -2.15. The average Bonchev–Trinajstić information content (AvgIpc) is 2.97. The van der Waals surface area contributed by atoms with Gasteiger partial charge in [-0.15, -0.1) is 0 Å². The molecular formula is C18H18N2O3. The summed E-state index contributed by atoms with van der Waals surface area (Å²) in [4.78, 5) is 14.2. The Balaban J connectivity index is 2.14. The summed E-state index contributed by atoms with van der Waals surface area (Å²) in [5.41, 5.74) is 2.74. The molecule has 2 aromatic carbocycles. The SMILES string of the molecule is CCOc1ccccc1[C@H](C[N+](=O)[O-])c1c[nH]c2ccccc12. The first-order chi connectivity index (χ1) is 11.2. The van der Waals surface area contributed by atoms with Crippen LogP contribution in [0.3, 0.4) is 0 Å². The molecule has 0 amide bonds. The Bertz CT molecular complexity index is 826. The van der Waals surface area contributed by atoms with Crippen molar-refractivity contribution in [3.8, 4) is 5.75 Å². The second-order valence-electron chi connectivity index (χ2n) is 5.33. The maximum absolute atomic E-state index is 11.2. The van der Waals surface area contributed by atoms with E-state index in [1.54, 1.807) is 0 Å². The second kappa shape index (κ2) is 6.52. The van der Waals surface area contributed by atoms with Gasteiger partial charge in [-0.25, -0.2) is 0 Å². The van der Waals surface area contributed by atoms with Gasteiger partial charge >= 0.3 is 0 Å². The Labute approximate surface area is 134 Å². The van der Waals surface area contributed by atoms with E-state index in [1.807, 2.05) is 61.7 Å². The molecular weight excluding hydrogens is 292 g/mol. The minimum atomic E-state index is -0.358. The maximum atomic E-state index is 11.2. The van der Waals surface area contributed by atoms with Gasteiger partial charge in [0.15, 0.2) is 0 Å². The minimum absolute atomic E-state index is 0.175. The third kappa shape index (κ3) is 3.04. The van der Waals surface area contributed by atoms with Gasteiger partial charge in [0, 0.05) is 27.6 Å². The monoisotopic (exact) mass is 310 g/mol. The molecule has 5 heteroatoms. The van der Waals surface area contributed by atoms with Gasteiger partial charge < -0.3 is 9.72 Å². The first-order valence-electron chi connectivity index (χ1n) is 7.60. The highest BCUT2D eigenvalue weighted by molar-refractivity contribution is 5.84. The fourth-order valence-corrected chi connectivity index (χ4v) is 2.95. The Morgan fingerprint density at radius 2 is 1.87 bits per heavy atom. The summed E-state index contributed by atoms with van der Waals surface area (Å²) in [6.45, 7) is 2.26. The molecule has 0 aliphatic carbocycles. The molecule has 1 aromatic heterocycles. The van der Waals surface area contributed by atoms with Crippen molar-refractivity contribution in [3.05, 3.63) is 76.0 Å². The van der Waals surface area contributed by atoms with E-state index in [2.05, 4.69) is 4.98 Å². The van der Waals surface area contributed by atoms with Crippen LogP contribution in [0, 0.1) is 10.1 Å². The predicted molar refractivity (Wildman–Crippen MR) is 89.6 cm³/mol. The summed E-state index contributed by atoms with van der Waals surface area (Å²) in [5.74, 6) is 0.344. The number of aromatic amines is 1. The third-order valence-corrected chi connectivity index (χ3v) is 3.92. The van der Waals surface area contributed by atoms with Gasteiger partial charge in [0.1, 0.15) is 5.75 Å². The lowest BCUT2D eigenvalue weighted by molar-refractivity contribution is -0.481. The van der Waals surface area contributed by atoms with Crippen LogP contribution >= 0.6 is 0 Å². The van der Waals surface area contributed by atoms with Crippen LogP contribution in [0.4, 0.5) is 0 Å². The largest absolute Gasteiger partial charge is 0.494 e. The van der Waals surface area contributed by atoms with E-state index < -0.39 is 0 Å². The van der Waals surface area contributed by atoms with Crippen molar-refractivity contribution >= 4 is 10.9 Å². The highest BCUT2D eigenvalue weighted by Crippen LogP contribution is 2.35. The van der Waals surface area contributed by atoms with Gasteiger partial charge in [0.05, 0.1) is 12.5 Å². The van der Waals surface area contributed by atoms with Crippen LogP contribution in [-0.2, 0) is 0 Å². The number of nitro groups is 1. The summed E-state index contributed by atoms with van der Waals surface area (Å²) in [7, 11) is 0. The Morgan fingerprint density at radius 1 is 1.13 bits per heavy atom. The molecule has 23 heavy (non-hydrogen) atoms. The van der Waals surface area contributed by atoms with Crippen molar-refractivity contribution < 1.29 is 9.66 Å². The third-order valence-electron chi connectivity index (χ3n) is 3.92. The number of hydrogen-bond acceptors (Lipinski definition) is 3. The molecule has 0 aliphatic heterocycles. The Morgan fingerprint density at radius 3 is 2.65 bits per heavy atom. The van der Waals surface area contributed by atoms with E-state index in [0.717, 1.165) is 22.0 Å². The molecule has 0 bridgehead atoms. The summed E-state index contributed by atoms with van der Waals surface area (Å²) in [6, 6.07) is 15.4. The number of ether oxygens (including phenoxy) is 1.